The average Bonchev–Trinajstić information content (AvgIpc) is 3.12. The van der Waals surface area contributed by atoms with Crippen LogP contribution < -0.4 is 14.8 Å². The monoisotopic (exact) mass is 357 g/mol. The van der Waals surface area contributed by atoms with Gasteiger partial charge < -0.3 is 14.8 Å². The Hall–Kier alpha value is -2.86. The van der Waals surface area contributed by atoms with Crippen molar-refractivity contribution in [3.63, 3.8) is 0 Å². The Morgan fingerprint density at radius 2 is 1.60 bits per heavy atom. The topological polar surface area (TPSA) is 47.6 Å². The number of amides is 1. The van der Waals surface area contributed by atoms with E-state index in [1.165, 1.54) is 23.5 Å². The summed E-state index contributed by atoms with van der Waals surface area (Å²) < 4.78 is 23.4. The molecule has 3 aromatic rings. The van der Waals surface area contributed by atoms with E-state index in [1.54, 1.807) is 50.6 Å². The minimum Gasteiger partial charge on any atom is -0.497 e. The fraction of sp³-hybridized carbons (Fsp3) is 0.105. The van der Waals surface area contributed by atoms with Crippen LogP contribution in [0.1, 0.15) is 9.67 Å². The van der Waals surface area contributed by atoms with Gasteiger partial charge in [-0.25, -0.2) is 4.39 Å². The van der Waals surface area contributed by atoms with E-state index in [2.05, 4.69) is 5.32 Å². The molecule has 0 aliphatic heterocycles. The number of carbonyl (C=O) groups excluding carboxylic acids is 1. The molecule has 1 heterocycles. The van der Waals surface area contributed by atoms with Crippen LogP contribution in [0.25, 0.3) is 10.4 Å². The van der Waals surface area contributed by atoms with Gasteiger partial charge in [0.05, 0.1) is 19.1 Å². The molecule has 0 atom stereocenters. The summed E-state index contributed by atoms with van der Waals surface area (Å²) in [5, 5.41) is 2.83. The molecule has 1 N–H and O–H groups in total. The van der Waals surface area contributed by atoms with Gasteiger partial charge in [0, 0.05) is 28.8 Å². The summed E-state index contributed by atoms with van der Waals surface area (Å²) in [5.41, 5.74) is 1.45. The van der Waals surface area contributed by atoms with E-state index in [0.717, 1.165) is 10.4 Å². The molecule has 3 rings (SSSR count). The molecule has 0 unspecified atom stereocenters. The Bertz CT molecular complexity index is 868. The zero-order valence-electron chi connectivity index (χ0n) is 13.7. The normalized spacial score (nSPS) is 10.4. The highest BCUT2D eigenvalue weighted by atomic mass is 32.1. The Morgan fingerprint density at radius 1 is 0.960 bits per heavy atom. The van der Waals surface area contributed by atoms with E-state index in [-0.39, 0.29) is 11.7 Å². The smallest absolute Gasteiger partial charge is 0.265 e. The van der Waals surface area contributed by atoms with Crippen molar-refractivity contribution >= 4 is 22.9 Å². The van der Waals surface area contributed by atoms with Crippen LogP contribution in [0.3, 0.4) is 0 Å². The predicted octanol–water partition coefficient (Wildman–Crippen LogP) is 4.82. The number of rotatable bonds is 5. The van der Waals surface area contributed by atoms with E-state index in [1.807, 2.05) is 6.07 Å². The fourth-order valence-electron chi connectivity index (χ4n) is 2.30. The molecule has 0 fully saturated rings. The van der Waals surface area contributed by atoms with Gasteiger partial charge in [-0.3, -0.25) is 4.79 Å². The molecule has 2 aromatic carbocycles. The maximum absolute atomic E-state index is 13.0. The third-order valence-electron chi connectivity index (χ3n) is 3.57. The van der Waals surface area contributed by atoms with Gasteiger partial charge in [-0.1, -0.05) is 12.1 Å². The molecule has 128 valence electrons. The SMILES string of the molecule is COc1cc(NC(=O)c2ccc(-c3ccc(F)cc3)s2)cc(OC)c1. The van der Waals surface area contributed by atoms with E-state index in [0.29, 0.717) is 22.1 Å². The standard InChI is InChI=1S/C19H16FNO3S/c1-23-15-9-14(10-16(11-15)24-2)21-19(22)18-8-7-17(25-18)12-3-5-13(20)6-4-12/h3-11H,1-2H3,(H,21,22). The zero-order chi connectivity index (χ0) is 17.8. The zero-order valence-corrected chi connectivity index (χ0v) is 14.5. The van der Waals surface area contributed by atoms with Crippen LogP contribution in [-0.4, -0.2) is 20.1 Å². The van der Waals surface area contributed by atoms with Crippen molar-refractivity contribution in [1.82, 2.24) is 0 Å². The molecular weight excluding hydrogens is 341 g/mol. The number of anilines is 1. The molecule has 1 aromatic heterocycles. The number of ether oxygens (including phenoxy) is 2. The highest BCUT2D eigenvalue weighted by Crippen LogP contribution is 2.30. The molecular formula is C19H16FNO3S. The number of hydrogen-bond acceptors (Lipinski definition) is 4. The number of hydrogen-bond donors (Lipinski definition) is 1. The number of halogens is 1. The molecule has 0 aliphatic rings. The van der Waals surface area contributed by atoms with Gasteiger partial charge in [0.2, 0.25) is 0 Å². The number of thiophene rings is 1. The number of nitrogens with one attached hydrogen (secondary N) is 1. The van der Waals surface area contributed by atoms with E-state index in [4.69, 9.17) is 9.47 Å². The molecule has 0 saturated carbocycles. The summed E-state index contributed by atoms with van der Waals surface area (Å²) in [4.78, 5) is 13.9. The van der Waals surface area contributed by atoms with Crippen molar-refractivity contribution in [3.05, 3.63) is 65.3 Å². The maximum atomic E-state index is 13.0. The summed E-state index contributed by atoms with van der Waals surface area (Å²) in [6.07, 6.45) is 0. The van der Waals surface area contributed by atoms with Gasteiger partial charge in [-0.2, -0.15) is 0 Å². The molecule has 6 heteroatoms. The van der Waals surface area contributed by atoms with Gasteiger partial charge in [0.25, 0.3) is 5.91 Å². The second kappa shape index (κ2) is 7.36. The number of benzene rings is 2. The lowest BCUT2D eigenvalue weighted by Gasteiger charge is -2.09. The number of methoxy groups -OCH3 is 2. The van der Waals surface area contributed by atoms with Gasteiger partial charge in [0.15, 0.2) is 0 Å². The van der Waals surface area contributed by atoms with E-state index >= 15 is 0 Å². The van der Waals surface area contributed by atoms with Crippen molar-refractivity contribution in [1.29, 1.82) is 0 Å². The van der Waals surface area contributed by atoms with Crippen molar-refractivity contribution in [2.45, 2.75) is 0 Å². The van der Waals surface area contributed by atoms with E-state index < -0.39 is 0 Å². The molecule has 25 heavy (non-hydrogen) atoms. The third kappa shape index (κ3) is 3.97. The lowest BCUT2D eigenvalue weighted by Crippen LogP contribution is -2.10. The first-order chi connectivity index (χ1) is 12.1. The molecule has 0 aliphatic carbocycles. The summed E-state index contributed by atoms with van der Waals surface area (Å²) >= 11 is 1.34. The van der Waals surface area contributed by atoms with Crippen LogP contribution in [0.5, 0.6) is 11.5 Å². The minimum absolute atomic E-state index is 0.228. The highest BCUT2D eigenvalue weighted by molar-refractivity contribution is 7.17. The first kappa shape index (κ1) is 17.0. The molecule has 0 spiro atoms. The summed E-state index contributed by atoms with van der Waals surface area (Å²) in [5.74, 6) is 0.666. The fourth-order valence-corrected chi connectivity index (χ4v) is 3.21. The molecule has 0 radical (unpaired) electrons. The molecule has 4 nitrogen and oxygen atoms in total. The Labute approximate surface area is 148 Å². The predicted molar refractivity (Wildman–Crippen MR) is 97.2 cm³/mol. The minimum atomic E-state index is -0.287. The third-order valence-corrected chi connectivity index (χ3v) is 4.70. The van der Waals surface area contributed by atoms with E-state index in [9.17, 15) is 9.18 Å². The quantitative estimate of drug-likeness (QED) is 0.712. The van der Waals surface area contributed by atoms with Crippen molar-refractivity contribution in [2.24, 2.45) is 0 Å². The van der Waals surface area contributed by atoms with Crippen LogP contribution in [0.15, 0.2) is 54.6 Å². The Balaban J connectivity index is 1.79. The van der Waals surface area contributed by atoms with Crippen LogP contribution in [-0.2, 0) is 0 Å². The number of carbonyl (C=O) groups is 1. The first-order valence-corrected chi connectivity index (χ1v) is 8.31. The van der Waals surface area contributed by atoms with Crippen molar-refractivity contribution in [3.8, 4) is 21.9 Å². The summed E-state index contributed by atoms with van der Waals surface area (Å²) in [7, 11) is 3.10. The van der Waals surface area contributed by atoms with Crippen LogP contribution in [0, 0.1) is 5.82 Å². The Kier molecular flexibility index (Phi) is 5.00. The van der Waals surface area contributed by atoms with Crippen LogP contribution >= 0.6 is 11.3 Å². The summed E-state index contributed by atoms with van der Waals surface area (Å²) in [6.45, 7) is 0. The van der Waals surface area contributed by atoms with Gasteiger partial charge >= 0.3 is 0 Å². The molecule has 1 amide bonds. The van der Waals surface area contributed by atoms with Crippen molar-refractivity contribution in [2.75, 3.05) is 19.5 Å². The van der Waals surface area contributed by atoms with Gasteiger partial charge in [0.1, 0.15) is 17.3 Å². The van der Waals surface area contributed by atoms with Crippen molar-refractivity contribution < 1.29 is 18.7 Å². The maximum Gasteiger partial charge on any atom is 0.265 e. The summed E-state index contributed by atoms with van der Waals surface area (Å²) in [6, 6.07) is 14.9. The van der Waals surface area contributed by atoms with Crippen LogP contribution in [0.4, 0.5) is 10.1 Å². The Morgan fingerprint density at radius 3 is 2.20 bits per heavy atom. The molecule has 0 saturated heterocycles. The first-order valence-electron chi connectivity index (χ1n) is 7.49. The highest BCUT2D eigenvalue weighted by Gasteiger charge is 2.12. The lowest BCUT2D eigenvalue weighted by atomic mass is 10.2. The second-order valence-electron chi connectivity index (χ2n) is 5.23. The largest absolute Gasteiger partial charge is 0.497 e. The van der Waals surface area contributed by atoms with Crippen LogP contribution in [0.2, 0.25) is 0 Å². The van der Waals surface area contributed by atoms with Gasteiger partial charge in [-0.05, 0) is 29.8 Å². The second-order valence-corrected chi connectivity index (χ2v) is 6.31. The van der Waals surface area contributed by atoms with Gasteiger partial charge in [-0.15, -0.1) is 11.3 Å². The lowest BCUT2D eigenvalue weighted by molar-refractivity contribution is 0.103. The average molecular weight is 357 g/mol. The molecule has 0 bridgehead atoms.